The number of likely N-dealkylation sites (N-methyl/N-ethyl adjacent to an activating group) is 1. The Hall–Kier alpha value is -1.46. The number of aliphatic hydroxyl groups is 1. The highest BCUT2D eigenvalue weighted by Gasteiger charge is 2.26. The zero-order chi connectivity index (χ0) is 16.8. The molecule has 1 amide bonds. The van der Waals surface area contributed by atoms with Crippen LogP contribution in [-0.4, -0.2) is 53.6 Å². The third kappa shape index (κ3) is 4.75. The number of benzene rings is 1. The first-order chi connectivity index (χ1) is 11.0. The lowest BCUT2D eigenvalue weighted by molar-refractivity contribution is -0.134. The summed E-state index contributed by atoms with van der Waals surface area (Å²) in [5.74, 6) is -0.207. The van der Waals surface area contributed by atoms with Gasteiger partial charge in [-0.15, -0.1) is 0 Å². The van der Waals surface area contributed by atoms with E-state index in [9.17, 15) is 14.3 Å². The van der Waals surface area contributed by atoms with E-state index >= 15 is 0 Å². The third-order valence-corrected chi connectivity index (χ3v) is 4.88. The number of nitrogens with zero attached hydrogens (tertiary/aromatic N) is 2. The first kappa shape index (κ1) is 17.9. The van der Waals surface area contributed by atoms with Gasteiger partial charge in [-0.3, -0.25) is 9.69 Å². The van der Waals surface area contributed by atoms with E-state index in [0.717, 1.165) is 37.8 Å². The number of piperidine rings is 1. The summed E-state index contributed by atoms with van der Waals surface area (Å²) < 4.78 is 13.0. The average Bonchev–Trinajstić information content (AvgIpc) is 2.56. The minimum Gasteiger partial charge on any atom is -0.396 e. The minimum atomic E-state index is -0.268. The largest absolute Gasteiger partial charge is 0.396 e. The van der Waals surface area contributed by atoms with Crippen LogP contribution in [0, 0.1) is 5.82 Å². The average molecular weight is 322 g/mol. The molecule has 1 heterocycles. The lowest BCUT2D eigenvalue weighted by Crippen LogP contribution is -2.46. The van der Waals surface area contributed by atoms with Crippen molar-refractivity contribution in [1.82, 2.24) is 9.80 Å². The van der Waals surface area contributed by atoms with Crippen LogP contribution in [0.5, 0.6) is 0 Å². The van der Waals surface area contributed by atoms with Gasteiger partial charge >= 0.3 is 0 Å². The summed E-state index contributed by atoms with van der Waals surface area (Å²) in [6, 6.07) is 6.49. The number of carbonyl (C=O) groups is 1. The van der Waals surface area contributed by atoms with Gasteiger partial charge in [-0.05, 0) is 50.4 Å². The van der Waals surface area contributed by atoms with Gasteiger partial charge in [-0.2, -0.15) is 0 Å². The van der Waals surface area contributed by atoms with Gasteiger partial charge in [0.05, 0.1) is 12.6 Å². The Morgan fingerprint density at radius 1 is 1.39 bits per heavy atom. The zero-order valence-corrected chi connectivity index (χ0v) is 14.0. The lowest BCUT2D eigenvalue weighted by Gasteiger charge is -2.36. The van der Waals surface area contributed by atoms with Crippen LogP contribution >= 0.6 is 0 Å². The van der Waals surface area contributed by atoms with Crippen molar-refractivity contribution < 1.29 is 14.3 Å². The van der Waals surface area contributed by atoms with Crippen molar-refractivity contribution in [2.75, 3.05) is 26.7 Å². The predicted molar refractivity (Wildman–Crippen MR) is 88.5 cm³/mol. The van der Waals surface area contributed by atoms with Crippen LogP contribution in [0.15, 0.2) is 24.3 Å². The number of rotatable bonds is 6. The highest BCUT2D eigenvalue weighted by atomic mass is 19.1. The van der Waals surface area contributed by atoms with E-state index in [2.05, 4.69) is 4.90 Å². The molecule has 0 bridgehead atoms. The molecule has 1 aliphatic rings. The fourth-order valence-corrected chi connectivity index (χ4v) is 3.21. The molecule has 1 N–H and O–H groups in total. The molecular formula is C18H27FN2O2. The van der Waals surface area contributed by atoms with E-state index in [-0.39, 0.29) is 24.4 Å². The summed E-state index contributed by atoms with van der Waals surface area (Å²) in [6.07, 6.45) is 4.04. The number of carbonyl (C=O) groups excluding carboxylic acids is 1. The fraction of sp³-hybridized carbons (Fsp3) is 0.611. The van der Waals surface area contributed by atoms with Crippen molar-refractivity contribution in [3.63, 3.8) is 0 Å². The van der Waals surface area contributed by atoms with Crippen molar-refractivity contribution in [2.24, 2.45) is 0 Å². The first-order valence-electron chi connectivity index (χ1n) is 8.39. The molecule has 1 aromatic rings. The molecule has 0 aromatic heterocycles. The summed E-state index contributed by atoms with van der Waals surface area (Å²) in [7, 11) is 1.79. The summed E-state index contributed by atoms with van der Waals surface area (Å²) in [5, 5.41) is 9.19. The van der Waals surface area contributed by atoms with Gasteiger partial charge < -0.3 is 10.0 Å². The standard InChI is InChI=1S/C18H27FN2O2/c1-14(15-6-8-16(19)9-7-15)20(2)18(23)13-21-11-4-3-5-17(21)10-12-22/h6-9,14,17,22H,3-5,10-13H2,1-2H3/t14-,17+/m0/s1. The van der Waals surface area contributed by atoms with E-state index in [1.54, 1.807) is 24.1 Å². The third-order valence-electron chi connectivity index (χ3n) is 4.88. The second kappa shape index (κ2) is 8.41. The molecule has 0 spiro atoms. The molecule has 128 valence electrons. The van der Waals surface area contributed by atoms with Gasteiger partial charge in [0.1, 0.15) is 5.82 Å². The number of likely N-dealkylation sites (tertiary alicyclic amines) is 1. The maximum atomic E-state index is 13.0. The Balaban J connectivity index is 1.96. The molecule has 1 saturated heterocycles. The van der Waals surface area contributed by atoms with Gasteiger partial charge in [0.2, 0.25) is 5.91 Å². The maximum Gasteiger partial charge on any atom is 0.237 e. The Labute approximate surface area is 137 Å². The smallest absolute Gasteiger partial charge is 0.237 e. The van der Waals surface area contributed by atoms with E-state index in [0.29, 0.717) is 12.6 Å². The molecule has 0 unspecified atom stereocenters. The van der Waals surface area contributed by atoms with Crippen LogP contribution in [0.2, 0.25) is 0 Å². The molecule has 4 nitrogen and oxygen atoms in total. The maximum absolute atomic E-state index is 13.0. The molecular weight excluding hydrogens is 295 g/mol. The molecule has 1 aromatic carbocycles. The summed E-state index contributed by atoms with van der Waals surface area (Å²) in [6.45, 7) is 3.41. The van der Waals surface area contributed by atoms with Crippen LogP contribution in [0.3, 0.4) is 0 Å². The summed E-state index contributed by atoms with van der Waals surface area (Å²) in [4.78, 5) is 16.5. The van der Waals surface area contributed by atoms with E-state index in [4.69, 9.17) is 0 Å². The molecule has 2 rings (SSSR count). The molecule has 1 aliphatic heterocycles. The molecule has 0 radical (unpaired) electrons. The Bertz CT molecular complexity index is 504. The normalized spacial score (nSPS) is 20.3. The van der Waals surface area contributed by atoms with Crippen LogP contribution in [-0.2, 0) is 4.79 Å². The molecule has 0 saturated carbocycles. The van der Waals surface area contributed by atoms with Gasteiger partial charge in [-0.1, -0.05) is 18.6 Å². The number of aliphatic hydroxyl groups excluding tert-OH is 1. The number of hydrogen-bond acceptors (Lipinski definition) is 3. The summed E-state index contributed by atoms with van der Waals surface area (Å²) in [5.41, 5.74) is 0.924. The van der Waals surface area contributed by atoms with Crippen LogP contribution in [0.4, 0.5) is 4.39 Å². The molecule has 2 atom stereocenters. The van der Waals surface area contributed by atoms with E-state index < -0.39 is 0 Å². The van der Waals surface area contributed by atoms with Crippen molar-refractivity contribution >= 4 is 5.91 Å². The highest BCUT2D eigenvalue weighted by Crippen LogP contribution is 2.22. The first-order valence-corrected chi connectivity index (χ1v) is 8.39. The van der Waals surface area contributed by atoms with Crippen molar-refractivity contribution in [1.29, 1.82) is 0 Å². The monoisotopic (exact) mass is 322 g/mol. The van der Waals surface area contributed by atoms with Crippen molar-refractivity contribution in [2.45, 2.75) is 44.7 Å². The van der Waals surface area contributed by atoms with Crippen LogP contribution < -0.4 is 0 Å². The highest BCUT2D eigenvalue weighted by molar-refractivity contribution is 5.78. The van der Waals surface area contributed by atoms with Crippen molar-refractivity contribution in [3.8, 4) is 0 Å². The number of hydrogen-bond donors (Lipinski definition) is 1. The zero-order valence-electron chi connectivity index (χ0n) is 14.0. The Morgan fingerprint density at radius 3 is 2.74 bits per heavy atom. The molecule has 0 aliphatic carbocycles. The van der Waals surface area contributed by atoms with Gasteiger partial charge in [0.25, 0.3) is 0 Å². The molecule has 5 heteroatoms. The molecule has 23 heavy (non-hydrogen) atoms. The number of amides is 1. The van der Waals surface area contributed by atoms with E-state index in [1.807, 2.05) is 6.92 Å². The quantitative estimate of drug-likeness (QED) is 0.875. The number of halogens is 1. The fourth-order valence-electron chi connectivity index (χ4n) is 3.21. The van der Waals surface area contributed by atoms with Crippen molar-refractivity contribution in [3.05, 3.63) is 35.6 Å². The van der Waals surface area contributed by atoms with Crippen LogP contribution in [0.25, 0.3) is 0 Å². The topological polar surface area (TPSA) is 43.8 Å². The van der Waals surface area contributed by atoms with E-state index in [1.165, 1.54) is 12.1 Å². The van der Waals surface area contributed by atoms with Gasteiger partial charge in [-0.25, -0.2) is 4.39 Å². The minimum absolute atomic E-state index is 0.0617. The SMILES string of the molecule is C[C@@H](c1ccc(F)cc1)N(C)C(=O)CN1CCCC[C@@H]1CCO. The summed E-state index contributed by atoms with van der Waals surface area (Å²) >= 11 is 0. The lowest BCUT2D eigenvalue weighted by atomic mass is 9.99. The van der Waals surface area contributed by atoms with Crippen LogP contribution in [0.1, 0.15) is 44.2 Å². The second-order valence-corrected chi connectivity index (χ2v) is 6.36. The Kier molecular flexibility index (Phi) is 6.54. The Morgan fingerprint density at radius 2 is 2.09 bits per heavy atom. The van der Waals surface area contributed by atoms with Gasteiger partial charge in [0, 0.05) is 19.7 Å². The predicted octanol–water partition coefficient (Wildman–Crippen LogP) is 2.58. The molecule has 1 fully saturated rings. The second-order valence-electron chi connectivity index (χ2n) is 6.36. The van der Waals surface area contributed by atoms with Gasteiger partial charge in [0.15, 0.2) is 0 Å².